The van der Waals surface area contributed by atoms with E-state index < -0.39 is 0 Å². The van der Waals surface area contributed by atoms with E-state index >= 15 is 0 Å². The lowest BCUT2D eigenvalue weighted by atomic mass is 9.33. The molecule has 4 nitrogen and oxygen atoms in total. The minimum absolute atomic E-state index is 0.0695. The summed E-state index contributed by atoms with van der Waals surface area (Å²) in [5.41, 5.74) is 29.0. The van der Waals surface area contributed by atoms with Gasteiger partial charge < -0.3 is 18.9 Å². The van der Waals surface area contributed by atoms with E-state index in [9.17, 15) is 0 Å². The average molecular weight is 1330 g/mol. The lowest BCUT2D eigenvalue weighted by Gasteiger charge is -2.53. The van der Waals surface area contributed by atoms with Crippen LogP contribution in [0.25, 0.3) is 98.8 Å². The summed E-state index contributed by atoms with van der Waals surface area (Å²) in [6.45, 7) is -0.0695. The highest BCUT2D eigenvalue weighted by atomic mass is 15.2. The molecule has 8 aliphatic rings. The van der Waals surface area contributed by atoms with E-state index in [-0.39, 0.29) is 18.8 Å². The summed E-state index contributed by atoms with van der Waals surface area (Å²) in [6.07, 6.45) is 42.1. The van der Waals surface area contributed by atoms with E-state index in [1.165, 1.54) is 202 Å². The Balaban J connectivity index is 0.886. The van der Waals surface area contributed by atoms with E-state index in [4.69, 9.17) is 0 Å². The van der Waals surface area contributed by atoms with Gasteiger partial charge in [0, 0.05) is 67.5 Å². The van der Waals surface area contributed by atoms with Crippen LogP contribution in [0.3, 0.4) is 0 Å². The Labute approximate surface area is 606 Å². The van der Waals surface area contributed by atoms with Gasteiger partial charge in [-0.3, -0.25) is 0 Å². The van der Waals surface area contributed by atoms with Crippen LogP contribution in [-0.4, -0.2) is 27.9 Å². The molecule has 2 aliphatic heterocycles. The van der Waals surface area contributed by atoms with Crippen LogP contribution < -0.4 is 26.2 Å². The Kier molecular flexibility index (Phi) is 15.0. The van der Waals surface area contributed by atoms with Crippen molar-refractivity contribution >= 4 is 111 Å². The molecule has 6 unspecified atom stereocenters. The molecule has 4 heterocycles. The fourth-order valence-electron chi connectivity index (χ4n) is 21.3. The third-order valence-electron chi connectivity index (χ3n) is 25.9. The lowest BCUT2D eigenvalue weighted by Crippen LogP contribution is -2.65. The molecule has 21 rings (SSSR count). The number of fused-ring (bicyclic) bond motifs is 12. The average Bonchev–Trinajstić information content (AvgIpc) is 0.906. The molecule has 0 bridgehead atoms. The molecule has 0 radical (unpaired) electrons. The first-order valence-electron chi connectivity index (χ1n) is 39.3. The molecule has 2 aromatic heterocycles. The fraction of sp³-hybridized carbons (Fsp3) is 0.245. The number of para-hydroxylation sites is 4. The van der Waals surface area contributed by atoms with Crippen LogP contribution in [0.4, 0.5) is 22.7 Å². The predicted molar refractivity (Wildman–Crippen MR) is 438 cm³/mol. The summed E-state index contributed by atoms with van der Waals surface area (Å²) in [6, 6.07) is 88.3. The molecule has 6 atom stereocenters. The van der Waals surface area contributed by atoms with E-state index in [1.54, 1.807) is 22.3 Å². The molecule has 502 valence electrons. The van der Waals surface area contributed by atoms with Crippen molar-refractivity contribution < 1.29 is 0 Å². The van der Waals surface area contributed by atoms with Gasteiger partial charge in [0.1, 0.15) is 0 Å². The summed E-state index contributed by atoms with van der Waals surface area (Å²) in [5.74, 6) is 1.64. The van der Waals surface area contributed by atoms with Crippen molar-refractivity contribution in [2.24, 2.45) is 23.7 Å². The number of aromatic nitrogens is 2. The molecule has 6 aliphatic carbocycles. The molecule has 0 saturated carbocycles. The van der Waals surface area contributed by atoms with Crippen LogP contribution in [0, 0.1) is 23.7 Å². The Morgan fingerprint density at radius 3 is 1.17 bits per heavy atom. The maximum absolute atomic E-state index is 3.06. The van der Waals surface area contributed by atoms with Crippen molar-refractivity contribution in [3.05, 3.63) is 295 Å². The van der Waals surface area contributed by atoms with Gasteiger partial charge in [0.15, 0.2) is 0 Å². The van der Waals surface area contributed by atoms with E-state index in [0.29, 0.717) is 23.7 Å². The topological polar surface area (TPSA) is 16.3 Å². The molecule has 11 aromatic carbocycles. The normalized spacial score (nSPS) is 21.8. The number of hydrogen-bond donors (Lipinski definition) is 0. The zero-order valence-electron chi connectivity index (χ0n) is 59.0. The molecule has 0 saturated heterocycles. The number of benzene rings is 11. The van der Waals surface area contributed by atoms with Crippen LogP contribution in [0.15, 0.2) is 295 Å². The van der Waals surface area contributed by atoms with Gasteiger partial charge in [-0.05, 0) is 265 Å². The molecule has 0 fully saturated rings. The number of hydrogen-bond acceptors (Lipinski definition) is 2. The fourth-order valence-corrected chi connectivity index (χ4v) is 21.3. The highest BCUT2D eigenvalue weighted by Gasteiger charge is 2.51. The van der Waals surface area contributed by atoms with Gasteiger partial charge in [-0.15, -0.1) is 0 Å². The first-order chi connectivity index (χ1) is 51.1. The minimum atomic E-state index is -0.0695. The molecule has 103 heavy (non-hydrogen) atoms. The van der Waals surface area contributed by atoms with Crippen LogP contribution >= 0.6 is 0 Å². The van der Waals surface area contributed by atoms with Gasteiger partial charge in [0.05, 0.1) is 34.2 Å². The number of rotatable bonds is 10. The molecular formula is C98H87BN4. The highest BCUT2D eigenvalue weighted by Crippen LogP contribution is 2.54. The minimum Gasteiger partial charge on any atom is -0.334 e. The van der Waals surface area contributed by atoms with Gasteiger partial charge >= 0.3 is 0 Å². The number of nitrogens with zero attached hydrogens (tertiary/aromatic N) is 4. The van der Waals surface area contributed by atoms with Crippen molar-refractivity contribution in [1.29, 1.82) is 0 Å². The van der Waals surface area contributed by atoms with Crippen molar-refractivity contribution in [3.63, 3.8) is 0 Å². The summed E-state index contributed by atoms with van der Waals surface area (Å²) in [5, 5.41) is 10.3. The highest BCUT2D eigenvalue weighted by molar-refractivity contribution is 7.00. The van der Waals surface area contributed by atoms with Crippen molar-refractivity contribution in [3.8, 4) is 33.6 Å². The predicted octanol–water partition coefficient (Wildman–Crippen LogP) is 24.1. The van der Waals surface area contributed by atoms with Crippen LogP contribution in [0.5, 0.6) is 0 Å². The van der Waals surface area contributed by atoms with E-state index in [0.717, 1.165) is 51.4 Å². The standard InChI is InChI=1S/C98H87BN4/c1-5-27-65(28-6-1)77-43-25-44-78(66-29-7-2-8-30-66)97(77)102-91-62-73(100-87-47-21-17-39-81(87)82-40-18-22-48-88(82)100)55-57-85(91)99-86-58-56-74(101-89-49-23-19-41-83(89)84-42-20-24-50-90(84)101)63-92(86)103(98-79(67-31-9-3-10-32-67)45-26-46-80(98)68-33-11-4-12-34-68)94-61-72(60-93(102)96(94)99)64-51-53-69(54-52-64)95-75-37-15-13-35-70(75)59-71-36-14-16-38-76(71)95/h1,3,5,9,13-24,29,33,35-43,45,47-63,65,67,78,80,97-98H,2,4,6-8,10-12,25-28,30-32,34,44,46H2. The quantitative estimate of drug-likeness (QED) is 0.0771. The van der Waals surface area contributed by atoms with Gasteiger partial charge in [-0.1, -0.05) is 217 Å². The van der Waals surface area contributed by atoms with E-state index in [1.807, 2.05) is 0 Å². The lowest BCUT2D eigenvalue weighted by molar-refractivity contribution is 0.391. The second-order valence-corrected chi connectivity index (χ2v) is 31.3. The Morgan fingerprint density at radius 1 is 0.320 bits per heavy atom. The molecule has 0 amide bonds. The monoisotopic (exact) mass is 1330 g/mol. The van der Waals surface area contributed by atoms with Crippen molar-refractivity contribution in [2.45, 2.75) is 128 Å². The molecule has 13 aromatic rings. The first kappa shape index (κ1) is 61.3. The van der Waals surface area contributed by atoms with Crippen molar-refractivity contribution in [2.75, 3.05) is 9.80 Å². The summed E-state index contributed by atoms with van der Waals surface area (Å²) in [4.78, 5) is 6.12. The zero-order chi connectivity index (χ0) is 67.6. The van der Waals surface area contributed by atoms with Crippen molar-refractivity contribution in [1.82, 2.24) is 9.13 Å². The van der Waals surface area contributed by atoms with Gasteiger partial charge in [0.25, 0.3) is 6.71 Å². The smallest absolute Gasteiger partial charge is 0.252 e. The molecule has 0 spiro atoms. The maximum atomic E-state index is 3.06. The van der Waals surface area contributed by atoms with Crippen LogP contribution in [0.1, 0.15) is 116 Å². The number of anilines is 4. The largest absolute Gasteiger partial charge is 0.334 e. The zero-order valence-corrected chi connectivity index (χ0v) is 59.0. The summed E-state index contributed by atoms with van der Waals surface area (Å²) in [7, 11) is 0. The SMILES string of the molecule is C1=CCC(C2=CCCC(C3=CCCCC3)C2N2c3cc(-n4c5ccccc5c5ccccc54)ccc3B3c4ccc(-n5c6ccccc6c6ccccc65)cc4N(C4C(C5CC=CCC5)=CCCC4C4=CCCCC4)c4cc(-c5ccc(-c6c7ccccc7cc7ccccc67)cc5)cc2c43)CC1. The van der Waals surface area contributed by atoms with E-state index in [2.05, 4.69) is 292 Å². The van der Waals surface area contributed by atoms with Crippen LogP contribution in [-0.2, 0) is 0 Å². The number of allylic oxidation sites excluding steroid dienone is 8. The third kappa shape index (κ3) is 9.98. The molecule has 5 heteroatoms. The van der Waals surface area contributed by atoms with Gasteiger partial charge in [0.2, 0.25) is 0 Å². The Morgan fingerprint density at radius 2 is 0.748 bits per heavy atom. The molecular weight excluding hydrogens is 1240 g/mol. The van der Waals surface area contributed by atoms with Crippen LogP contribution in [0.2, 0.25) is 0 Å². The third-order valence-corrected chi connectivity index (χ3v) is 25.9. The Bertz CT molecular complexity index is 5370. The second kappa shape index (κ2) is 25.3. The summed E-state index contributed by atoms with van der Waals surface area (Å²) < 4.78 is 5.19. The second-order valence-electron chi connectivity index (χ2n) is 31.3. The Hall–Kier alpha value is -10.4. The summed E-state index contributed by atoms with van der Waals surface area (Å²) >= 11 is 0. The first-order valence-corrected chi connectivity index (χ1v) is 39.3. The van der Waals surface area contributed by atoms with Gasteiger partial charge in [-0.2, -0.15) is 0 Å². The molecule has 0 N–H and O–H groups in total. The maximum Gasteiger partial charge on any atom is 0.252 e. The van der Waals surface area contributed by atoms with Gasteiger partial charge in [-0.25, -0.2) is 0 Å².